The number of hydrogen-bond donors (Lipinski definition) is 1. The lowest BCUT2D eigenvalue weighted by atomic mass is 10.1. The van der Waals surface area contributed by atoms with Gasteiger partial charge < -0.3 is 5.11 Å². The first kappa shape index (κ1) is 9.86. The summed E-state index contributed by atoms with van der Waals surface area (Å²) >= 11 is 0. The van der Waals surface area contributed by atoms with Crippen molar-refractivity contribution in [3.05, 3.63) is 48.0 Å². The molecule has 78 valence electrons. The molecule has 0 aromatic carbocycles. The van der Waals surface area contributed by atoms with Crippen molar-refractivity contribution in [2.75, 3.05) is 0 Å². The molecule has 1 N–H and O–H groups in total. The molecule has 2 heterocycles. The Bertz CT molecular complexity index is 424. The maximum absolute atomic E-state index is 10.1. The van der Waals surface area contributed by atoms with Gasteiger partial charge >= 0.3 is 0 Å². The van der Waals surface area contributed by atoms with Crippen molar-refractivity contribution in [1.82, 2.24) is 14.8 Å². The van der Waals surface area contributed by atoms with Crippen LogP contribution in [-0.2, 0) is 6.54 Å². The molecular formula is C11H13N3O. The van der Waals surface area contributed by atoms with Crippen molar-refractivity contribution >= 4 is 0 Å². The zero-order valence-electron chi connectivity index (χ0n) is 8.54. The molecule has 15 heavy (non-hydrogen) atoms. The fraction of sp³-hybridized carbons (Fsp3) is 0.273. The average molecular weight is 203 g/mol. The van der Waals surface area contributed by atoms with Crippen molar-refractivity contribution in [1.29, 1.82) is 0 Å². The number of aromatic nitrogens is 3. The summed E-state index contributed by atoms with van der Waals surface area (Å²) in [7, 11) is 0. The molecule has 1 unspecified atom stereocenters. The van der Waals surface area contributed by atoms with Gasteiger partial charge in [-0.15, -0.1) is 0 Å². The standard InChI is InChI=1S/C11H13N3O/c1-2-14-10(6-8-13-14)11(15)9-5-3-4-7-12-9/h3-8,11,15H,2H2,1H3. The lowest BCUT2D eigenvalue weighted by Crippen LogP contribution is -2.09. The van der Waals surface area contributed by atoms with Crippen LogP contribution >= 0.6 is 0 Å². The van der Waals surface area contributed by atoms with E-state index in [9.17, 15) is 5.11 Å². The molecule has 4 nitrogen and oxygen atoms in total. The van der Waals surface area contributed by atoms with E-state index >= 15 is 0 Å². The number of hydrogen-bond acceptors (Lipinski definition) is 3. The van der Waals surface area contributed by atoms with Crippen LogP contribution in [0.3, 0.4) is 0 Å². The number of pyridine rings is 1. The van der Waals surface area contributed by atoms with Crippen LogP contribution in [0.2, 0.25) is 0 Å². The smallest absolute Gasteiger partial charge is 0.137 e. The molecule has 2 aromatic rings. The van der Waals surface area contributed by atoms with Crippen LogP contribution in [0.1, 0.15) is 24.4 Å². The Hall–Kier alpha value is -1.68. The molecule has 0 aliphatic heterocycles. The Balaban J connectivity index is 2.32. The quantitative estimate of drug-likeness (QED) is 0.819. The molecule has 0 saturated heterocycles. The molecule has 2 rings (SSSR count). The SMILES string of the molecule is CCn1nccc1C(O)c1ccccn1. The third kappa shape index (κ3) is 1.89. The molecule has 0 amide bonds. The third-order valence-corrected chi connectivity index (χ3v) is 2.30. The van der Waals surface area contributed by atoms with Gasteiger partial charge in [-0.2, -0.15) is 5.10 Å². The molecule has 0 radical (unpaired) electrons. The van der Waals surface area contributed by atoms with E-state index < -0.39 is 6.10 Å². The monoisotopic (exact) mass is 203 g/mol. The minimum Gasteiger partial charge on any atom is -0.380 e. The van der Waals surface area contributed by atoms with Gasteiger partial charge in [0, 0.05) is 18.9 Å². The van der Waals surface area contributed by atoms with Crippen LogP contribution in [0.4, 0.5) is 0 Å². The van der Waals surface area contributed by atoms with Gasteiger partial charge in [-0.25, -0.2) is 0 Å². The maximum atomic E-state index is 10.1. The third-order valence-electron chi connectivity index (χ3n) is 2.30. The molecule has 1 atom stereocenters. The van der Waals surface area contributed by atoms with E-state index in [1.807, 2.05) is 25.1 Å². The Morgan fingerprint density at radius 2 is 2.20 bits per heavy atom. The van der Waals surface area contributed by atoms with Gasteiger partial charge in [-0.05, 0) is 25.1 Å². The van der Waals surface area contributed by atoms with E-state index in [-0.39, 0.29) is 0 Å². The molecule has 4 heteroatoms. The van der Waals surface area contributed by atoms with Crippen LogP contribution in [0.15, 0.2) is 36.7 Å². The normalized spacial score (nSPS) is 12.7. The van der Waals surface area contributed by atoms with E-state index in [2.05, 4.69) is 10.1 Å². The van der Waals surface area contributed by atoms with Crippen molar-refractivity contribution in [3.8, 4) is 0 Å². The summed E-state index contributed by atoms with van der Waals surface area (Å²) in [6.45, 7) is 2.73. The number of rotatable bonds is 3. The number of nitrogens with zero attached hydrogens (tertiary/aromatic N) is 3. The van der Waals surface area contributed by atoms with Crippen LogP contribution in [0.25, 0.3) is 0 Å². The van der Waals surface area contributed by atoms with Gasteiger partial charge in [0.05, 0.1) is 11.4 Å². The van der Waals surface area contributed by atoms with Crippen molar-refractivity contribution < 1.29 is 5.11 Å². The minimum absolute atomic E-state index is 0.646. The highest BCUT2D eigenvalue weighted by Gasteiger charge is 2.15. The number of aryl methyl sites for hydroxylation is 1. The first-order valence-corrected chi connectivity index (χ1v) is 4.93. The van der Waals surface area contributed by atoms with Crippen molar-refractivity contribution in [2.45, 2.75) is 19.6 Å². The lowest BCUT2D eigenvalue weighted by Gasteiger charge is -2.11. The van der Waals surface area contributed by atoms with Gasteiger partial charge in [0.1, 0.15) is 6.10 Å². The predicted octanol–water partition coefficient (Wildman–Crippen LogP) is 1.38. The average Bonchev–Trinajstić information content (AvgIpc) is 2.77. The highest BCUT2D eigenvalue weighted by Crippen LogP contribution is 2.18. The van der Waals surface area contributed by atoms with Crippen LogP contribution in [0, 0.1) is 0 Å². The highest BCUT2D eigenvalue weighted by molar-refractivity contribution is 5.18. The van der Waals surface area contributed by atoms with Crippen molar-refractivity contribution in [2.24, 2.45) is 0 Å². The molecular weight excluding hydrogens is 190 g/mol. The summed E-state index contributed by atoms with van der Waals surface area (Å²) in [5.41, 5.74) is 1.42. The van der Waals surface area contributed by atoms with E-state index in [0.717, 1.165) is 12.2 Å². The zero-order valence-corrected chi connectivity index (χ0v) is 8.54. The van der Waals surface area contributed by atoms with Gasteiger partial charge in [0.2, 0.25) is 0 Å². The predicted molar refractivity (Wildman–Crippen MR) is 56.2 cm³/mol. The van der Waals surface area contributed by atoms with E-state index in [1.165, 1.54) is 0 Å². The highest BCUT2D eigenvalue weighted by atomic mass is 16.3. The second kappa shape index (κ2) is 4.23. The first-order chi connectivity index (χ1) is 7.33. The number of aliphatic hydroxyl groups is 1. The molecule has 0 aliphatic carbocycles. The van der Waals surface area contributed by atoms with Gasteiger partial charge in [-0.3, -0.25) is 9.67 Å². The number of aliphatic hydroxyl groups excluding tert-OH is 1. The Kier molecular flexibility index (Phi) is 2.78. The van der Waals surface area contributed by atoms with Crippen LogP contribution in [0.5, 0.6) is 0 Å². The Morgan fingerprint density at radius 1 is 1.33 bits per heavy atom. The van der Waals surface area contributed by atoms with E-state index in [4.69, 9.17) is 0 Å². The van der Waals surface area contributed by atoms with Crippen molar-refractivity contribution in [3.63, 3.8) is 0 Å². The van der Waals surface area contributed by atoms with Gasteiger partial charge in [-0.1, -0.05) is 6.07 Å². The molecule has 0 bridgehead atoms. The van der Waals surface area contributed by atoms with E-state index in [0.29, 0.717) is 5.69 Å². The molecule has 0 fully saturated rings. The second-order valence-corrected chi connectivity index (χ2v) is 3.23. The Morgan fingerprint density at radius 3 is 2.87 bits per heavy atom. The lowest BCUT2D eigenvalue weighted by molar-refractivity contribution is 0.203. The minimum atomic E-state index is -0.700. The van der Waals surface area contributed by atoms with Gasteiger partial charge in [0.15, 0.2) is 0 Å². The largest absolute Gasteiger partial charge is 0.380 e. The summed E-state index contributed by atoms with van der Waals surface area (Å²) in [6, 6.07) is 7.30. The topological polar surface area (TPSA) is 50.9 Å². The van der Waals surface area contributed by atoms with Crippen LogP contribution in [-0.4, -0.2) is 19.9 Å². The molecule has 0 spiro atoms. The van der Waals surface area contributed by atoms with E-state index in [1.54, 1.807) is 23.1 Å². The van der Waals surface area contributed by atoms with Crippen LogP contribution < -0.4 is 0 Å². The zero-order chi connectivity index (χ0) is 10.7. The fourth-order valence-electron chi connectivity index (χ4n) is 1.53. The summed E-state index contributed by atoms with van der Waals surface area (Å²) in [5.74, 6) is 0. The fourth-order valence-corrected chi connectivity index (χ4v) is 1.53. The maximum Gasteiger partial charge on any atom is 0.137 e. The van der Waals surface area contributed by atoms with Gasteiger partial charge in [0.25, 0.3) is 0 Å². The summed E-state index contributed by atoms with van der Waals surface area (Å²) in [4.78, 5) is 4.12. The summed E-state index contributed by atoms with van der Waals surface area (Å²) in [6.07, 6.45) is 2.66. The Labute approximate surface area is 88.2 Å². The molecule has 0 saturated carbocycles. The second-order valence-electron chi connectivity index (χ2n) is 3.23. The molecule has 2 aromatic heterocycles. The summed E-state index contributed by atoms with van der Waals surface area (Å²) in [5, 5.41) is 14.2. The first-order valence-electron chi connectivity index (χ1n) is 4.93. The summed E-state index contributed by atoms with van der Waals surface area (Å²) < 4.78 is 1.76. The molecule has 0 aliphatic rings.